The highest BCUT2D eigenvalue weighted by molar-refractivity contribution is 5.72. The number of benzene rings is 1. The quantitative estimate of drug-likeness (QED) is 0.455. The lowest BCUT2D eigenvalue weighted by molar-refractivity contribution is -0.139. The van der Waals surface area contributed by atoms with Crippen LogP contribution in [0.3, 0.4) is 0 Å². The molecule has 0 spiro atoms. The first-order chi connectivity index (χ1) is 19.4. The van der Waals surface area contributed by atoms with E-state index in [1.807, 2.05) is 24.0 Å². The summed E-state index contributed by atoms with van der Waals surface area (Å²) in [5.74, 6) is 0.512. The van der Waals surface area contributed by atoms with E-state index in [9.17, 15) is 9.59 Å². The molecular weight excluding hydrogens is 510 g/mol. The summed E-state index contributed by atoms with van der Waals surface area (Å²) in [4.78, 5) is 32.4. The first kappa shape index (κ1) is 27.5. The van der Waals surface area contributed by atoms with Gasteiger partial charge in [0.05, 0.1) is 6.04 Å². The van der Waals surface area contributed by atoms with Crippen LogP contribution in [0.5, 0.6) is 17.4 Å². The summed E-state index contributed by atoms with van der Waals surface area (Å²) in [5, 5.41) is 8.73. The number of piperidine rings is 1. The number of hydrogen-bond donors (Lipinski definition) is 1. The lowest BCUT2D eigenvalue weighted by Crippen LogP contribution is -2.48. The van der Waals surface area contributed by atoms with E-state index in [1.165, 1.54) is 5.57 Å². The number of carboxylic acid groups (broad SMARTS) is 1. The molecule has 2 aliphatic heterocycles. The molecule has 1 aromatic carbocycles. The lowest BCUT2D eigenvalue weighted by Gasteiger charge is -2.38. The van der Waals surface area contributed by atoms with Crippen molar-refractivity contribution in [2.45, 2.75) is 51.7 Å². The Balaban J connectivity index is 1.14. The summed E-state index contributed by atoms with van der Waals surface area (Å²) >= 11 is 0. The zero-order valence-electron chi connectivity index (χ0n) is 22.9. The Kier molecular flexibility index (Phi) is 8.50. The second-order valence-corrected chi connectivity index (χ2v) is 10.4. The van der Waals surface area contributed by atoms with E-state index >= 15 is 0 Å². The molecule has 2 saturated heterocycles. The van der Waals surface area contributed by atoms with E-state index in [-0.39, 0.29) is 24.8 Å². The molecule has 2 fully saturated rings. The van der Waals surface area contributed by atoms with Crippen molar-refractivity contribution < 1.29 is 28.9 Å². The van der Waals surface area contributed by atoms with Crippen molar-refractivity contribution in [2.75, 3.05) is 26.3 Å². The van der Waals surface area contributed by atoms with E-state index < -0.39 is 5.97 Å². The predicted octanol–water partition coefficient (Wildman–Crippen LogP) is 5.26. The molecule has 210 valence electrons. The van der Waals surface area contributed by atoms with Gasteiger partial charge in [-0.05, 0) is 68.5 Å². The summed E-state index contributed by atoms with van der Waals surface area (Å²) in [5.41, 5.74) is 4.51. The van der Waals surface area contributed by atoms with Gasteiger partial charge < -0.3 is 19.3 Å². The molecular formula is C31H35N3O6. The first-order valence-electron chi connectivity index (χ1n) is 13.7. The molecule has 3 heterocycles. The monoisotopic (exact) mass is 545 g/mol. The number of carbonyl (C=O) groups is 2. The standard InChI is InChI=1S/C31H35N3O6/c1-21-4-3-5-23(7-6-21)28-19-39-31(37)34(28)25-14-16-33(17-15-25)18-24-8-13-29(32-22(24)2)40-27-11-9-26(10-12-27)38-20-30(35)36/h3-5,7-13,25,28H,6,14-20H2,1-2H3,(H,35,36). The number of cyclic esters (lactones) is 1. The number of aromatic nitrogens is 1. The summed E-state index contributed by atoms with van der Waals surface area (Å²) in [6.45, 7) is 6.69. The number of nitrogens with zero attached hydrogens (tertiary/aromatic N) is 3. The molecule has 2 aromatic rings. The largest absolute Gasteiger partial charge is 0.482 e. The summed E-state index contributed by atoms with van der Waals surface area (Å²) < 4.78 is 16.5. The predicted molar refractivity (Wildman–Crippen MR) is 149 cm³/mol. The van der Waals surface area contributed by atoms with Crippen LogP contribution in [0.4, 0.5) is 4.79 Å². The minimum Gasteiger partial charge on any atom is -0.482 e. The molecule has 40 heavy (non-hydrogen) atoms. The molecule has 9 nitrogen and oxygen atoms in total. The fraction of sp³-hybridized carbons (Fsp3) is 0.387. The summed E-state index contributed by atoms with van der Waals surface area (Å²) in [6.07, 6.45) is 11.0. The van der Waals surface area contributed by atoms with Gasteiger partial charge in [0.15, 0.2) is 6.61 Å². The van der Waals surface area contributed by atoms with Crippen LogP contribution in [-0.2, 0) is 16.1 Å². The van der Waals surface area contributed by atoms with E-state index in [0.29, 0.717) is 24.0 Å². The van der Waals surface area contributed by atoms with Crippen LogP contribution in [-0.4, -0.2) is 70.3 Å². The van der Waals surface area contributed by atoms with Gasteiger partial charge in [-0.1, -0.05) is 35.9 Å². The molecule has 0 saturated carbocycles. The van der Waals surface area contributed by atoms with Crippen molar-refractivity contribution in [1.29, 1.82) is 0 Å². The van der Waals surface area contributed by atoms with E-state index in [4.69, 9.17) is 19.3 Å². The highest BCUT2D eigenvalue weighted by Gasteiger charge is 2.40. The minimum absolute atomic E-state index is 0.0212. The Labute approximate surface area is 234 Å². The third kappa shape index (κ3) is 6.71. The number of likely N-dealkylation sites (tertiary alicyclic amines) is 1. The summed E-state index contributed by atoms with van der Waals surface area (Å²) in [7, 11) is 0. The average Bonchev–Trinajstić information content (AvgIpc) is 3.19. The van der Waals surface area contributed by atoms with Crippen molar-refractivity contribution in [3.63, 3.8) is 0 Å². The first-order valence-corrected chi connectivity index (χ1v) is 13.7. The van der Waals surface area contributed by atoms with Gasteiger partial charge in [0.2, 0.25) is 5.88 Å². The fourth-order valence-corrected chi connectivity index (χ4v) is 5.34. The number of aryl methyl sites for hydroxylation is 1. The number of amides is 1. The van der Waals surface area contributed by atoms with E-state index in [2.05, 4.69) is 41.1 Å². The molecule has 0 radical (unpaired) electrons. The number of pyridine rings is 1. The molecule has 0 bridgehead atoms. The highest BCUT2D eigenvalue weighted by atomic mass is 16.6. The minimum atomic E-state index is -1.03. The molecule has 5 rings (SSSR count). The Morgan fingerprint density at radius 3 is 2.58 bits per heavy atom. The van der Waals surface area contributed by atoms with Crippen LogP contribution in [0.15, 0.2) is 71.8 Å². The van der Waals surface area contributed by atoms with Gasteiger partial charge in [-0.25, -0.2) is 14.6 Å². The maximum absolute atomic E-state index is 12.7. The summed E-state index contributed by atoms with van der Waals surface area (Å²) in [6, 6.07) is 10.8. The Morgan fingerprint density at radius 1 is 1.10 bits per heavy atom. The van der Waals surface area contributed by atoms with Gasteiger partial charge in [-0.15, -0.1) is 0 Å². The molecule has 9 heteroatoms. The number of rotatable bonds is 9. The second-order valence-electron chi connectivity index (χ2n) is 10.4. The van der Waals surface area contributed by atoms with Gasteiger partial charge >= 0.3 is 12.1 Å². The number of hydrogen-bond acceptors (Lipinski definition) is 7. The van der Waals surface area contributed by atoms with Crippen molar-refractivity contribution in [2.24, 2.45) is 0 Å². The molecule has 1 aromatic heterocycles. The van der Waals surface area contributed by atoms with E-state index in [1.54, 1.807) is 24.3 Å². The molecule has 1 unspecified atom stereocenters. The van der Waals surface area contributed by atoms with Crippen molar-refractivity contribution in [3.8, 4) is 17.4 Å². The Morgan fingerprint density at radius 2 is 1.85 bits per heavy atom. The molecule has 1 aliphatic carbocycles. The van der Waals surface area contributed by atoms with E-state index in [0.717, 1.165) is 55.7 Å². The van der Waals surface area contributed by atoms with Crippen LogP contribution >= 0.6 is 0 Å². The van der Waals surface area contributed by atoms with Gasteiger partial charge in [0, 0.05) is 37.4 Å². The molecule has 1 atom stereocenters. The number of aliphatic carboxylic acids is 1. The van der Waals surface area contributed by atoms with Crippen LogP contribution in [0, 0.1) is 6.92 Å². The van der Waals surface area contributed by atoms with Crippen molar-refractivity contribution >= 4 is 12.1 Å². The molecule has 1 amide bonds. The average molecular weight is 546 g/mol. The number of carboxylic acids is 1. The van der Waals surface area contributed by atoms with Crippen LogP contribution < -0.4 is 9.47 Å². The fourth-order valence-electron chi connectivity index (χ4n) is 5.34. The van der Waals surface area contributed by atoms with Crippen LogP contribution in [0.25, 0.3) is 0 Å². The topological polar surface area (TPSA) is 101 Å². The third-order valence-electron chi connectivity index (χ3n) is 7.55. The van der Waals surface area contributed by atoms with Crippen molar-refractivity contribution in [1.82, 2.24) is 14.8 Å². The number of ether oxygens (including phenoxy) is 3. The maximum atomic E-state index is 12.7. The van der Waals surface area contributed by atoms with Gasteiger partial charge in [0.25, 0.3) is 0 Å². The Bertz CT molecular complexity index is 1330. The zero-order valence-corrected chi connectivity index (χ0v) is 22.9. The number of carbonyl (C=O) groups excluding carboxylic acids is 1. The SMILES string of the molecule is CC1=CC=CC(C2COC(=O)N2C2CCN(Cc3ccc(Oc4ccc(OCC(=O)O)cc4)nc3C)CC2)=CC1. The van der Waals surface area contributed by atoms with Crippen molar-refractivity contribution in [3.05, 3.63) is 83.1 Å². The Hall–Kier alpha value is -4.11. The normalized spacial score (nSPS) is 20.0. The lowest BCUT2D eigenvalue weighted by atomic mass is 9.98. The highest BCUT2D eigenvalue weighted by Crippen LogP contribution is 2.30. The zero-order chi connectivity index (χ0) is 28.1. The second kappa shape index (κ2) is 12.4. The molecule has 1 N–H and O–H groups in total. The van der Waals surface area contributed by atoms with Crippen LogP contribution in [0.2, 0.25) is 0 Å². The molecule has 3 aliphatic rings. The van der Waals surface area contributed by atoms with Gasteiger partial charge in [-0.2, -0.15) is 0 Å². The maximum Gasteiger partial charge on any atom is 0.410 e. The third-order valence-corrected chi connectivity index (χ3v) is 7.55. The number of allylic oxidation sites excluding steroid dienone is 4. The smallest absolute Gasteiger partial charge is 0.410 e. The van der Waals surface area contributed by atoms with Gasteiger partial charge in [-0.3, -0.25) is 9.80 Å². The van der Waals surface area contributed by atoms with Gasteiger partial charge in [0.1, 0.15) is 18.1 Å². The van der Waals surface area contributed by atoms with Crippen LogP contribution in [0.1, 0.15) is 37.4 Å².